The summed E-state index contributed by atoms with van der Waals surface area (Å²) in [7, 11) is 0. The number of nitrogens with zero attached hydrogens (tertiary/aromatic N) is 4. The Morgan fingerprint density at radius 2 is 2.08 bits per heavy atom. The number of rotatable bonds is 5. The lowest BCUT2D eigenvalue weighted by molar-refractivity contribution is -0.116. The number of carbonyl (C=O) groups is 1. The summed E-state index contributed by atoms with van der Waals surface area (Å²) in [6, 6.07) is 1.86. The highest BCUT2D eigenvalue weighted by Crippen LogP contribution is 2.23. The van der Waals surface area contributed by atoms with E-state index < -0.39 is 0 Å². The quantitative estimate of drug-likeness (QED) is 0.738. The fourth-order valence-corrected chi connectivity index (χ4v) is 4.11. The predicted molar refractivity (Wildman–Crippen MR) is 101 cm³/mol. The SMILES string of the molecule is CCc1cc2c(=O)n(CC(=O)Nc3nnc(C(C)C)s3)c(C)nc2s1. The summed E-state index contributed by atoms with van der Waals surface area (Å²) >= 11 is 2.86. The Hall–Kier alpha value is -2.13. The van der Waals surface area contributed by atoms with E-state index in [1.165, 1.54) is 27.2 Å². The standard InChI is InChI=1S/C16H19N5O2S2/c1-5-10-6-11-14(24-10)17-9(4)21(15(11)23)7-12(22)18-16-20-19-13(25-16)8(2)3/h6,8H,5,7H2,1-4H3,(H,18,20,22). The topological polar surface area (TPSA) is 89.8 Å². The molecule has 0 atom stereocenters. The second-order valence-corrected chi connectivity index (χ2v) is 8.11. The molecule has 0 fully saturated rings. The zero-order valence-electron chi connectivity index (χ0n) is 14.5. The summed E-state index contributed by atoms with van der Waals surface area (Å²) in [4.78, 5) is 31.3. The minimum absolute atomic E-state index is 0.0957. The first-order chi connectivity index (χ1) is 11.9. The number of thiophene rings is 1. The third-order valence-electron chi connectivity index (χ3n) is 3.72. The molecule has 3 heterocycles. The van der Waals surface area contributed by atoms with Crippen LogP contribution in [-0.2, 0) is 17.8 Å². The van der Waals surface area contributed by atoms with Gasteiger partial charge in [0.1, 0.15) is 22.2 Å². The average Bonchev–Trinajstić information content (AvgIpc) is 3.18. The monoisotopic (exact) mass is 377 g/mol. The first-order valence-electron chi connectivity index (χ1n) is 8.02. The van der Waals surface area contributed by atoms with Gasteiger partial charge in [0.25, 0.3) is 5.56 Å². The van der Waals surface area contributed by atoms with E-state index in [1.54, 1.807) is 6.92 Å². The third-order valence-corrected chi connectivity index (χ3v) is 6.04. The van der Waals surface area contributed by atoms with E-state index in [-0.39, 0.29) is 23.9 Å². The Kier molecular flexibility index (Phi) is 4.96. The smallest absolute Gasteiger partial charge is 0.262 e. The van der Waals surface area contributed by atoms with Crippen molar-refractivity contribution in [1.82, 2.24) is 19.7 Å². The second kappa shape index (κ2) is 7.01. The summed E-state index contributed by atoms with van der Waals surface area (Å²) in [5, 5.41) is 12.6. The Balaban J connectivity index is 1.84. The van der Waals surface area contributed by atoms with Crippen LogP contribution in [0.15, 0.2) is 10.9 Å². The summed E-state index contributed by atoms with van der Waals surface area (Å²) in [5.74, 6) is 0.465. The molecule has 0 aliphatic heterocycles. The van der Waals surface area contributed by atoms with Gasteiger partial charge in [0, 0.05) is 10.8 Å². The zero-order valence-corrected chi connectivity index (χ0v) is 16.1. The minimum Gasteiger partial charge on any atom is -0.299 e. The van der Waals surface area contributed by atoms with Gasteiger partial charge >= 0.3 is 0 Å². The molecule has 0 saturated heterocycles. The molecule has 9 heteroatoms. The number of aryl methyl sites for hydroxylation is 2. The van der Waals surface area contributed by atoms with Crippen molar-refractivity contribution in [3.05, 3.63) is 32.1 Å². The van der Waals surface area contributed by atoms with Crippen LogP contribution in [0.4, 0.5) is 5.13 Å². The van der Waals surface area contributed by atoms with Crippen LogP contribution in [0.3, 0.4) is 0 Å². The number of aromatic nitrogens is 4. The van der Waals surface area contributed by atoms with E-state index in [0.29, 0.717) is 16.3 Å². The molecule has 0 unspecified atom stereocenters. The van der Waals surface area contributed by atoms with E-state index in [1.807, 2.05) is 26.8 Å². The molecule has 132 valence electrons. The second-order valence-electron chi connectivity index (χ2n) is 5.98. The summed E-state index contributed by atoms with van der Waals surface area (Å²) in [6.45, 7) is 7.71. The highest BCUT2D eigenvalue weighted by Gasteiger charge is 2.15. The minimum atomic E-state index is -0.316. The molecule has 0 aromatic carbocycles. The van der Waals surface area contributed by atoms with Gasteiger partial charge in [-0.3, -0.25) is 19.5 Å². The first kappa shape index (κ1) is 17.7. The maximum Gasteiger partial charge on any atom is 0.262 e. The van der Waals surface area contributed by atoms with Gasteiger partial charge in [-0.15, -0.1) is 21.5 Å². The van der Waals surface area contributed by atoms with Gasteiger partial charge in [0.05, 0.1) is 5.39 Å². The van der Waals surface area contributed by atoms with Crippen molar-refractivity contribution < 1.29 is 4.79 Å². The van der Waals surface area contributed by atoms with Gasteiger partial charge in [-0.25, -0.2) is 4.98 Å². The van der Waals surface area contributed by atoms with Crippen LogP contribution in [-0.4, -0.2) is 25.7 Å². The largest absolute Gasteiger partial charge is 0.299 e. The summed E-state index contributed by atoms with van der Waals surface area (Å²) < 4.78 is 1.40. The van der Waals surface area contributed by atoms with Gasteiger partial charge in [-0.05, 0) is 19.4 Å². The van der Waals surface area contributed by atoms with Crippen LogP contribution >= 0.6 is 22.7 Å². The van der Waals surface area contributed by atoms with Crippen LogP contribution in [0.1, 0.15) is 42.4 Å². The molecular formula is C16H19N5O2S2. The average molecular weight is 377 g/mol. The predicted octanol–water partition coefficient (Wildman–Crippen LogP) is 2.94. The van der Waals surface area contributed by atoms with E-state index in [2.05, 4.69) is 20.5 Å². The number of hydrogen-bond donors (Lipinski definition) is 1. The number of hydrogen-bond acceptors (Lipinski definition) is 7. The lowest BCUT2D eigenvalue weighted by atomic mass is 10.2. The molecule has 0 radical (unpaired) electrons. The van der Waals surface area contributed by atoms with Crippen LogP contribution in [0.5, 0.6) is 0 Å². The normalized spacial score (nSPS) is 11.4. The molecule has 3 aromatic rings. The molecular weight excluding hydrogens is 358 g/mol. The van der Waals surface area contributed by atoms with Crippen molar-refractivity contribution in [3.63, 3.8) is 0 Å². The Morgan fingerprint density at radius 3 is 2.72 bits per heavy atom. The van der Waals surface area contributed by atoms with Gasteiger partial charge in [0.2, 0.25) is 11.0 Å². The van der Waals surface area contributed by atoms with Crippen molar-refractivity contribution in [2.24, 2.45) is 0 Å². The van der Waals surface area contributed by atoms with E-state index >= 15 is 0 Å². The molecule has 25 heavy (non-hydrogen) atoms. The Bertz CT molecular complexity index is 986. The molecule has 0 bridgehead atoms. The maximum atomic E-state index is 12.7. The van der Waals surface area contributed by atoms with Crippen molar-refractivity contribution in [2.45, 2.75) is 46.6 Å². The van der Waals surface area contributed by atoms with Crippen LogP contribution in [0, 0.1) is 6.92 Å². The fraction of sp³-hybridized carbons (Fsp3) is 0.438. The van der Waals surface area contributed by atoms with Crippen LogP contribution in [0.25, 0.3) is 10.2 Å². The van der Waals surface area contributed by atoms with E-state index in [9.17, 15) is 9.59 Å². The Morgan fingerprint density at radius 1 is 1.32 bits per heavy atom. The Labute approximate surface area is 152 Å². The number of fused-ring (bicyclic) bond motifs is 1. The molecule has 3 aromatic heterocycles. The highest BCUT2D eigenvalue weighted by atomic mass is 32.1. The molecule has 0 saturated carbocycles. The molecule has 0 aliphatic rings. The number of anilines is 1. The lowest BCUT2D eigenvalue weighted by Gasteiger charge is -2.08. The molecule has 0 aliphatic carbocycles. The van der Waals surface area contributed by atoms with Crippen molar-refractivity contribution in [1.29, 1.82) is 0 Å². The fourth-order valence-electron chi connectivity index (χ4n) is 2.35. The lowest BCUT2D eigenvalue weighted by Crippen LogP contribution is -2.29. The van der Waals surface area contributed by atoms with Gasteiger partial charge in [-0.1, -0.05) is 32.1 Å². The van der Waals surface area contributed by atoms with E-state index in [0.717, 1.165) is 21.1 Å². The molecule has 3 rings (SSSR count). The molecule has 1 N–H and O–H groups in total. The van der Waals surface area contributed by atoms with Crippen molar-refractivity contribution in [2.75, 3.05) is 5.32 Å². The molecule has 1 amide bonds. The van der Waals surface area contributed by atoms with Crippen LogP contribution in [0.2, 0.25) is 0 Å². The molecule has 7 nitrogen and oxygen atoms in total. The van der Waals surface area contributed by atoms with Crippen molar-refractivity contribution in [3.8, 4) is 0 Å². The number of nitrogens with one attached hydrogen (secondary N) is 1. The zero-order chi connectivity index (χ0) is 18.1. The van der Waals surface area contributed by atoms with E-state index in [4.69, 9.17) is 0 Å². The third kappa shape index (κ3) is 3.62. The van der Waals surface area contributed by atoms with Gasteiger partial charge in [-0.2, -0.15) is 0 Å². The molecule has 0 spiro atoms. The number of amides is 1. The van der Waals surface area contributed by atoms with Gasteiger partial charge < -0.3 is 0 Å². The maximum absolute atomic E-state index is 12.7. The number of carbonyl (C=O) groups excluding carboxylic acids is 1. The van der Waals surface area contributed by atoms with Crippen LogP contribution < -0.4 is 10.9 Å². The first-order valence-corrected chi connectivity index (χ1v) is 9.65. The van der Waals surface area contributed by atoms with Gasteiger partial charge in [0.15, 0.2) is 0 Å². The highest BCUT2D eigenvalue weighted by molar-refractivity contribution is 7.18. The summed E-state index contributed by atoms with van der Waals surface area (Å²) in [6.07, 6.45) is 0.856. The van der Waals surface area contributed by atoms with Crippen molar-refractivity contribution >= 4 is 43.9 Å². The summed E-state index contributed by atoms with van der Waals surface area (Å²) in [5.41, 5.74) is -0.186.